The van der Waals surface area contributed by atoms with Crippen molar-refractivity contribution < 1.29 is 9.21 Å². The first kappa shape index (κ1) is 20.7. The topological polar surface area (TPSA) is 55.1 Å². The van der Waals surface area contributed by atoms with Gasteiger partial charge in [-0.05, 0) is 103 Å². The van der Waals surface area contributed by atoms with Crippen LogP contribution in [0.4, 0.5) is 5.69 Å². The SMILES string of the molecule is O=C(CC12CC3CC(CC(C3)C1)C2)Nc1ccc2oc(-c3cccc4c(Br)cccc34)nc2c1. The van der Waals surface area contributed by atoms with Crippen LogP contribution >= 0.6 is 15.9 Å². The lowest BCUT2D eigenvalue weighted by Gasteiger charge is -2.56. The smallest absolute Gasteiger partial charge is 0.227 e. The monoisotopic (exact) mass is 514 g/mol. The van der Waals surface area contributed by atoms with Gasteiger partial charge in [0.1, 0.15) is 5.52 Å². The molecule has 4 aliphatic rings. The average Bonchev–Trinajstić information content (AvgIpc) is 3.21. The van der Waals surface area contributed by atoms with E-state index in [9.17, 15) is 4.79 Å². The summed E-state index contributed by atoms with van der Waals surface area (Å²) in [5.41, 5.74) is 3.48. The van der Waals surface area contributed by atoms with Gasteiger partial charge in [0, 0.05) is 22.1 Å². The third kappa shape index (κ3) is 3.48. The number of carbonyl (C=O) groups is 1. The summed E-state index contributed by atoms with van der Waals surface area (Å²) >= 11 is 3.64. The van der Waals surface area contributed by atoms with Crippen LogP contribution in [0.3, 0.4) is 0 Å². The quantitative estimate of drug-likeness (QED) is 0.300. The molecule has 4 aliphatic carbocycles. The maximum absolute atomic E-state index is 13.1. The van der Waals surface area contributed by atoms with Crippen LogP contribution in [0.15, 0.2) is 63.5 Å². The molecule has 1 aromatic heterocycles. The zero-order valence-electron chi connectivity index (χ0n) is 19.0. The normalized spacial score (nSPS) is 27.5. The zero-order chi connectivity index (χ0) is 22.9. The molecule has 3 aromatic carbocycles. The molecule has 8 rings (SSSR count). The summed E-state index contributed by atoms with van der Waals surface area (Å²) in [4.78, 5) is 17.9. The Labute approximate surface area is 207 Å². The van der Waals surface area contributed by atoms with Crippen LogP contribution < -0.4 is 5.32 Å². The highest BCUT2D eigenvalue weighted by Crippen LogP contribution is 2.61. The molecule has 0 atom stereocenters. The third-order valence-electron chi connectivity index (χ3n) is 8.47. The number of amides is 1. The summed E-state index contributed by atoms with van der Waals surface area (Å²) in [6, 6.07) is 18.1. The molecule has 4 fully saturated rings. The fourth-order valence-electron chi connectivity index (χ4n) is 7.63. The first-order valence-corrected chi connectivity index (χ1v) is 13.2. The van der Waals surface area contributed by atoms with Crippen molar-refractivity contribution in [2.45, 2.75) is 44.9 Å². The van der Waals surface area contributed by atoms with E-state index in [4.69, 9.17) is 9.40 Å². The molecule has 1 amide bonds. The van der Waals surface area contributed by atoms with Crippen LogP contribution in [0.2, 0.25) is 0 Å². The van der Waals surface area contributed by atoms with E-state index in [2.05, 4.69) is 33.4 Å². The Balaban J connectivity index is 1.14. The van der Waals surface area contributed by atoms with Crippen molar-refractivity contribution in [1.29, 1.82) is 0 Å². The number of hydrogen-bond donors (Lipinski definition) is 1. The lowest BCUT2D eigenvalue weighted by molar-refractivity contribution is -0.124. The molecule has 34 heavy (non-hydrogen) atoms. The molecule has 4 saturated carbocycles. The largest absolute Gasteiger partial charge is 0.436 e. The number of benzene rings is 3. The number of oxazole rings is 1. The highest BCUT2D eigenvalue weighted by atomic mass is 79.9. The fourth-order valence-corrected chi connectivity index (χ4v) is 8.13. The summed E-state index contributed by atoms with van der Waals surface area (Å²) in [5, 5.41) is 5.38. The van der Waals surface area contributed by atoms with E-state index in [1.54, 1.807) is 0 Å². The van der Waals surface area contributed by atoms with E-state index in [-0.39, 0.29) is 11.3 Å². The van der Waals surface area contributed by atoms with Gasteiger partial charge in [-0.1, -0.05) is 40.2 Å². The van der Waals surface area contributed by atoms with Crippen LogP contribution in [0.1, 0.15) is 44.9 Å². The van der Waals surface area contributed by atoms with Gasteiger partial charge >= 0.3 is 0 Å². The van der Waals surface area contributed by atoms with E-state index >= 15 is 0 Å². The van der Waals surface area contributed by atoms with Crippen molar-refractivity contribution >= 4 is 49.4 Å². The Kier molecular flexibility index (Phi) is 4.67. The number of aromatic nitrogens is 1. The van der Waals surface area contributed by atoms with E-state index in [1.807, 2.05) is 42.5 Å². The van der Waals surface area contributed by atoms with Gasteiger partial charge in [0.15, 0.2) is 5.58 Å². The first-order chi connectivity index (χ1) is 16.5. The number of carbonyl (C=O) groups excluding carboxylic acids is 1. The maximum Gasteiger partial charge on any atom is 0.227 e. The summed E-state index contributed by atoms with van der Waals surface area (Å²) in [5.74, 6) is 3.32. The van der Waals surface area contributed by atoms with Crippen LogP contribution in [0, 0.1) is 23.2 Å². The van der Waals surface area contributed by atoms with Crippen molar-refractivity contribution in [2.75, 3.05) is 5.32 Å². The lowest BCUT2D eigenvalue weighted by Crippen LogP contribution is -2.47. The highest BCUT2D eigenvalue weighted by Gasteiger charge is 2.51. The van der Waals surface area contributed by atoms with Gasteiger partial charge < -0.3 is 9.73 Å². The first-order valence-electron chi connectivity index (χ1n) is 12.4. The van der Waals surface area contributed by atoms with Crippen LogP contribution in [0.25, 0.3) is 33.3 Å². The third-order valence-corrected chi connectivity index (χ3v) is 9.16. The second kappa shape index (κ2) is 7.67. The van der Waals surface area contributed by atoms with Crippen LogP contribution in [-0.4, -0.2) is 10.9 Å². The van der Waals surface area contributed by atoms with Crippen LogP contribution in [-0.2, 0) is 4.79 Å². The van der Waals surface area contributed by atoms with Gasteiger partial charge in [0.25, 0.3) is 0 Å². The Morgan fingerprint density at radius 2 is 1.68 bits per heavy atom. The molecule has 172 valence electrons. The van der Waals surface area contributed by atoms with Gasteiger partial charge in [-0.2, -0.15) is 0 Å². The Bertz CT molecular complexity index is 1400. The minimum Gasteiger partial charge on any atom is -0.436 e. The summed E-state index contributed by atoms with van der Waals surface area (Å²) in [6.07, 6.45) is 8.61. The van der Waals surface area contributed by atoms with E-state index < -0.39 is 0 Å². The molecule has 4 nitrogen and oxygen atoms in total. The van der Waals surface area contributed by atoms with Gasteiger partial charge in [0.2, 0.25) is 11.8 Å². The second-order valence-electron chi connectivity index (χ2n) is 11.0. The molecular weight excluding hydrogens is 488 g/mol. The number of nitrogens with zero attached hydrogens (tertiary/aromatic N) is 1. The summed E-state index contributed by atoms with van der Waals surface area (Å²) in [7, 11) is 0. The fraction of sp³-hybridized carbons (Fsp3) is 0.379. The number of rotatable bonds is 4. The number of fused-ring (bicyclic) bond motifs is 2. The van der Waals surface area contributed by atoms with E-state index in [0.717, 1.165) is 55.3 Å². The molecule has 1 N–H and O–H groups in total. The molecule has 0 saturated heterocycles. The standard InChI is InChI=1S/C29H27BrN2O2/c30-24-6-2-3-21-22(24)4-1-5-23(21)28-32-25-12-20(7-8-26(25)34-28)31-27(33)16-29-13-17-9-18(14-29)11-19(10-17)15-29/h1-8,12,17-19H,9-11,13-16H2,(H,31,33). The summed E-state index contributed by atoms with van der Waals surface area (Å²) < 4.78 is 7.16. The predicted octanol–water partition coefficient (Wildman–Crippen LogP) is 7.96. The molecular formula is C29H27BrN2O2. The molecule has 0 radical (unpaired) electrons. The predicted molar refractivity (Wildman–Crippen MR) is 139 cm³/mol. The molecule has 4 bridgehead atoms. The average molecular weight is 515 g/mol. The number of hydrogen-bond acceptors (Lipinski definition) is 3. The molecule has 4 aromatic rings. The van der Waals surface area contributed by atoms with E-state index in [0.29, 0.717) is 12.3 Å². The molecule has 0 aliphatic heterocycles. The Hall–Kier alpha value is -2.66. The zero-order valence-corrected chi connectivity index (χ0v) is 20.6. The van der Waals surface area contributed by atoms with Gasteiger partial charge in [0.05, 0.1) is 0 Å². The van der Waals surface area contributed by atoms with Crippen molar-refractivity contribution in [3.8, 4) is 11.5 Å². The number of anilines is 1. The number of nitrogens with one attached hydrogen (secondary N) is 1. The van der Waals surface area contributed by atoms with Crippen LogP contribution in [0.5, 0.6) is 0 Å². The lowest BCUT2D eigenvalue weighted by atomic mass is 9.49. The Morgan fingerprint density at radius 1 is 0.971 bits per heavy atom. The van der Waals surface area contributed by atoms with E-state index in [1.165, 1.54) is 38.5 Å². The van der Waals surface area contributed by atoms with Crippen molar-refractivity contribution in [1.82, 2.24) is 4.98 Å². The highest BCUT2D eigenvalue weighted by molar-refractivity contribution is 9.10. The molecule has 0 unspecified atom stereocenters. The minimum atomic E-state index is 0.143. The van der Waals surface area contributed by atoms with Crippen molar-refractivity contribution in [2.24, 2.45) is 23.2 Å². The van der Waals surface area contributed by atoms with Gasteiger partial charge in [-0.3, -0.25) is 4.79 Å². The van der Waals surface area contributed by atoms with Crippen molar-refractivity contribution in [3.63, 3.8) is 0 Å². The molecule has 1 heterocycles. The molecule has 5 heteroatoms. The van der Waals surface area contributed by atoms with Gasteiger partial charge in [-0.15, -0.1) is 0 Å². The Morgan fingerprint density at radius 3 is 2.44 bits per heavy atom. The van der Waals surface area contributed by atoms with Crippen molar-refractivity contribution in [3.05, 3.63) is 59.1 Å². The number of halogens is 1. The summed E-state index contributed by atoms with van der Waals surface area (Å²) in [6.45, 7) is 0. The van der Waals surface area contributed by atoms with Gasteiger partial charge in [-0.25, -0.2) is 4.98 Å². The minimum absolute atomic E-state index is 0.143. The molecule has 0 spiro atoms. The second-order valence-corrected chi connectivity index (χ2v) is 11.8. The maximum atomic E-state index is 13.1.